The lowest BCUT2D eigenvalue weighted by molar-refractivity contribution is 0.206. The fourth-order valence-corrected chi connectivity index (χ4v) is 4.57. The Kier molecular flexibility index (Phi) is 7.17. The van der Waals surface area contributed by atoms with Gasteiger partial charge in [0.05, 0.1) is 0 Å². The topological polar surface area (TPSA) is 31.4 Å². The highest BCUT2D eigenvalue weighted by molar-refractivity contribution is 6.09. The number of aromatic nitrogens is 1. The largest absolute Gasteiger partial charge is 0.473 e. The summed E-state index contributed by atoms with van der Waals surface area (Å²) >= 11 is 5.22. The standard InChI is InChI=1S/C22H29ClFNO2/c1-3-4-16-5-9-18(10-6-16)19-11-7-17(8-12-19)14-26-22-15(2)13-20(27-23)21(24)25-22/h3-4,7,13,16,18-19H,5-6,8-12,14H2,1-2H3/b4-3+. The van der Waals surface area contributed by atoms with Gasteiger partial charge in [0.25, 0.3) is 5.95 Å². The lowest BCUT2D eigenvalue weighted by Gasteiger charge is -2.34. The maximum absolute atomic E-state index is 13.7. The fourth-order valence-electron chi connectivity index (χ4n) is 4.46. The molecule has 148 valence electrons. The predicted molar refractivity (Wildman–Crippen MR) is 107 cm³/mol. The normalized spacial score (nSPS) is 26.1. The highest BCUT2D eigenvalue weighted by Gasteiger charge is 2.28. The first-order chi connectivity index (χ1) is 13.1. The minimum Gasteiger partial charge on any atom is -0.473 e. The molecule has 3 nitrogen and oxygen atoms in total. The van der Waals surface area contributed by atoms with Crippen molar-refractivity contribution in [1.82, 2.24) is 4.98 Å². The van der Waals surface area contributed by atoms with Crippen molar-refractivity contribution in [1.29, 1.82) is 0 Å². The van der Waals surface area contributed by atoms with Crippen LogP contribution < -0.4 is 9.03 Å². The summed E-state index contributed by atoms with van der Waals surface area (Å²) in [6, 6.07) is 1.50. The molecule has 1 fully saturated rings. The van der Waals surface area contributed by atoms with Crippen LogP contribution >= 0.6 is 11.9 Å². The Bertz CT molecular complexity index is 696. The van der Waals surface area contributed by atoms with E-state index < -0.39 is 5.95 Å². The van der Waals surface area contributed by atoms with E-state index in [1.165, 1.54) is 43.7 Å². The quantitative estimate of drug-likeness (QED) is 0.405. The number of aryl methyl sites for hydroxylation is 1. The zero-order chi connectivity index (χ0) is 19.2. The van der Waals surface area contributed by atoms with Gasteiger partial charge in [0.15, 0.2) is 0 Å². The van der Waals surface area contributed by atoms with E-state index in [-0.39, 0.29) is 5.75 Å². The van der Waals surface area contributed by atoms with Crippen molar-refractivity contribution in [2.75, 3.05) is 6.61 Å². The van der Waals surface area contributed by atoms with Crippen LogP contribution in [0.2, 0.25) is 0 Å². The summed E-state index contributed by atoms with van der Waals surface area (Å²) in [6.07, 6.45) is 15.7. The van der Waals surface area contributed by atoms with Gasteiger partial charge in [-0.25, -0.2) is 0 Å². The molecule has 0 radical (unpaired) electrons. The van der Waals surface area contributed by atoms with E-state index in [4.69, 9.17) is 16.6 Å². The van der Waals surface area contributed by atoms with Crippen LogP contribution in [0.5, 0.6) is 11.6 Å². The van der Waals surface area contributed by atoms with Crippen molar-refractivity contribution in [3.63, 3.8) is 0 Å². The zero-order valence-electron chi connectivity index (χ0n) is 16.2. The highest BCUT2D eigenvalue weighted by Crippen LogP contribution is 2.40. The monoisotopic (exact) mass is 393 g/mol. The van der Waals surface area contributed by atoms with Crippen molar-refractivity contribution in [3.05, 3.63) is 41.4 Å². The number of ether oxygens (including phenoxy) is 1. The summed E-state index contributed by atoms with van der Waals surface area (Å²) in [5.41, 5.74) is 1.99. The van der Waals surface area contributed by atoms with Crippen molar-refractivity contribution in [2.45, 2.75) is 58.8 Å². The van der Waals surface area contributed by atoms with Crippen LogP contribution in [0.15, 0.2) is 29.9 Å². The molecule has 0 amide bonds. The second-order valence-corrected chi connectivity index (χ2v) is 8.02. The van der Waals surface area contributed by atoms with Gasteiger partial charge in [-0.05, 0) is 88.2 Å². The van der Waals surface area contributed by atoms with Crippen LogP contribution in [-0.2, 0) is 0 Å². The van der Waals surface area contributed by atoms with Gasteiger partial charge in [0.2, 0.25) is 11.6 Å². The summed E-state index contributed by atoms with van der Waals surface area (Å²) in [5, 5.41) is 0. The second kappa shape index (κ2) is 9.59. The molecule has 1 heterocycles. The molecule has 0 aliphatic heterocycles. The first kappa shape index (κ1) is 20.2. The van der Waals surface area contributed by atoms with Gasteiger partial charge in [-0.1, -0.05) is 18.2 Å². The zero-order valence-corrected chi connectivity index (χ0v) is 17.0. The SMILES string of the molecule is C/C=C/C1CCC(C2CC=C(COc3nc(F)c(OCl)cc3C)CC2)CC1. The van der Waals surface area contributed by atoms with Crippen LogP contribution in [-0.4, -0.2) is 11.6 Å². The molecule has 0 N–H and O–H groups in total. The maximum Gasteiger partial charge on any atom is 0.260 e. The van der Waals surface area contributed by atoms with Gasteiger partial charge >= 0.3 is 0 Å². The molecule has 5 heteroatoms. The molecule has 2 aliphatic carbocycles. The molecule has 1 aromatic heterocycles. The van der Waals surface area contributed by atoms with E-state index in [2.05, 4.69) is 34.4 Å². The van der Waals surface area contributed by atoms with E-state index in [1.54, 1.807) is 6.92 Å². The number of rotatable bonds is 6. The van der Waals surface area contributed by atoms with Crippen molar-refractivity contribution in [3.8, 4) is 11.6 Å². The van der Waals surface area contributed by atoms with E-state index in [1.807, 2.05) is 0 Å². The number of hydrogen-bond acceptors (Lipinski definition) is 3. The van der Waals surface area contributed by atoms with Crippen molar-refractivity contribution < 1.29 is 13.4 Å². The van der Waals surface area contributed by atoms with E-state index in [0.29, 0.717) is 18.1 Å². The fraction of sp³-hybridized carbons (Fsp3) is 0.591. The predicted octanol–water partition coefficient (Wildman–Crippen LogP) is 6.55. The molecule has 0 aromatic carbocycles. The lowest BCUT2D eigenvalue weighted by atomic mass is 9.71. The third-order valence-electron chi connectivity index (χ3n) is 6.06. The summed E-state index contributed by atoms with van der Waals surface area (Å²) in [4.78, 5) is 3.81. The Morgan fingerprint density at radius 2 is 2.00 bits per heavy atom. The molecular weight excluding hydrogens is 365 g/mol. The van der Waals surface area contributed by atoms with Gasteiger partial charge in [0.1, 0.15) is 18.5 Å². The third kappa shape index (κ3) is 5.25. The summed E-state index contributed by atoms with van der Waals surface area (Å²) in [6.45, 7) is 4.39. The number of allylic oxidation sites excluding steroid dienone is 3. The molecule has 1 unspecified atom stereocenters. The van der Waals surface area contributed by atoms with Gasteiger partial charge < -0.3 is 9.03 Å². The average molecular weight is 394 g/mol. The molecule has 1 aromatic rings. The third-order valence-corrected chi connectivity index (χ3v) is 6.22. The molecule has 2 aliphatic rings. The molecule has 0 spiro atoms. The molecule has 0 bridgehead atoms. The highest BCUT2D eigenvalue weighted by atomic mass is 35.5. The molecule has 0 saturated heterocycles. The van der Waals surface area contributed by atoms with Crippen LogP contribution in [0.25, 0.3) is 0 Å². The summed E-state index contributed by atoms with van der Waals surface area (Å²) in [7, 11) is 0. The number of pyridine rings is 1. The van der Waals surface area contributed by atoms with Gasteiger partial charge in [-0.15, -0.1) is 0 Å². The molecule has 3 rings (SSSR count). The maximum atomic E-state index is 13.7. The van der Waals surface area contributed by atoms with Gasteiger partial charge in [0, 0.05) is 5.56 Å². The van der Waals surface area contributed by atoms with E-state index in [0.717, 1.165) is 30.6 Å². The molecule has 1 saturated carbocycles. The van der Waals surface area contributed by atoms with E-state index >= 15 is 0 Å². The Morgan fingerprint density at radius 1 is 1.22 bits per heavy atom. The van der Waals surface area contributed by atoms with Crippen molar-refractivity contribution >= 4 is 11.9 Å². The van der Waals surface area contributed by atoms with Crippen molar-refractivity contribution in [2.24, 2.45) is 17.8 Å². The number of hydrogen-bond donors (Lipinski definition) is 0. The number of halogens is 2. The average Bonchev–Trinajstić information content (AvgIpc) is 2.69. The van der Waals surface area contributed by atoms with Gasteiger partial charge in [-0.3, -0.25) is 0 Å². The van der Waals surface area contributed by atoms with E-state index in [9.17, 15) is 4.39 Å². The second-order valence-electron chi connectivity index (χ2n) is 7.86. The Hall–Kier alpha value is -1.55. The van der Waals surface area contributed by atoms with Crippen LogP contribution in [0.1, 0.15) is 57.4 Å². The molecular formula is C22H29ClFNO2. The van der Waals surface area contributed by atoms with Crippen LogP contribution in [0.4, 0.5) is 4.39 Å². The Labute approximate surface area is 166 Å². The lowest BCUT2D eigenvalue weighted by Crippen LogP contribution is -2.23. The minimum absolute atomic E-state index is 0.0783. The first-order valence-corrected chi connectivity index (χ1v) is 10.3. The van der Waals surface area contributed by atoms with Gasteiger partial charge in [-0.2, -0.15) is 9.37 Å². The molecule has 1 atom stereocenters. The first-order valence-electron chi connectivity index (χ1n) is 10.00. The Balaban J connectivity index is 1.49. The van der Waals surface area contributed by atoms with Crippen LogP contribution in [0.3, 0.4) is 0 Å². The summed E-state index contributed by atoms with van der Waals surface area (Å²) in [5.74, 6) is 1.93. The number of nitrogens with zero attached hydrogens (tertiary/aromatic N) is 1. The minimum atomic E-state index is -0.753. The summed E-state index contributed by atoms with van der Waals surface area (Å²) < 4.78 is 23.9. The Morgan fingerprint density at radius 3 is 2.63 bits per heavy atom. The smallest absolute Gasteiger partial charge is 0.260 e. The molecule has 27 heavy (non-hydrogen) atoms. The van der Waals surface area contributed by atoms with Crippen LogP contribution in [0, 0.1) is 30.6 Å².